The average molecular weight is 497 g/mol. The van der Waals surface area contributed by atoms with E-state index in [9.17, 15) is 13.2 Å². The summed E-state index contributed by atoms with van der Waals surface area (Å²) in [4.78, 5) is 20.0. The highest BCUT2D eigenvalue weighted by Crippen LogP contribution is 2.32. The minimum Gasteiger partial charge on any atom is -0.369 e. The second-order valence-electron chi connectivity index (χ2n) is 10.0. The zero-order valence-corrected chi connectivity index (χ0v) is 21.7. The van der Waals surface area contributed by atoms with E-state index in [1.54, 1.807) is 16.4 Å². The molecular weight excluding hydrogens is 460 g/mol. The summed E-state index contributed by atoms with van der Waals surface area (Å²) in [5.41, 5.74) is 5.74. The molecule has 0 unspecified atom stereocenters. The molecule has 0 N–H and O–H groups in total. The molecular formula is C27H36N4O3S. The Bertz CT molecular complexity index is 1200. The Kier molecular flexibility index (Phi) is 6.88. The third-order valence-electron chi connectivity index (χ3n) is 7.85. The number of hydrogen-bond donors (Lipinski definition) is 0. The van der Waals surface area contributed by atoms with Gasteiger partial charge in [0.2, 0.25) is 15.9 Å². The van der Waals surface area contributed by atoms with Crippen molar-refractivity contribution in [2.24, 2.45) is 0 Å². The summed E-state index contributed by atoms with van der Waals surface area (Å²) in [5.74, 6) is 0.0931. The van der Waals surface area contributed by atoms with Crippen LogP contribution in [0.5, 0.6) is 0 Å². The number of amides is 1. The van der Waals surface area contributed by atoms with E-state index in [4.69, 9.17) is 0 Å². The van der Waals surface area contributed by atoms with Gasteiger partial charge in [0.25, 0.3) is 0 Å². The first-order valence-corrected chi connectivity index (χ1v) is 14.3. The lowest BCUT2D eigenvalue weighted by Crippen LogP contribution is -2.50. The third-order valence-corrected chi connectivity index (χ3v) is 9.74. The summed E-state index contributed by atoms with van der Waals surface area (Å²) < 4.78 is 27.7. The second kappa shape index (κ2) is 9.91. The van der Waals surface area contributed by atoms with Gasteiger partial charge in [-0.2, -0.15) is 4.31 Å². The normalized spacial score (nSPS) is 19.7. The molecule has 2 saturated heterocycles. The maximum absolute atomic E-state index is 13.2. The predicted molar refractivity (Wildman–Crippen MR) is 140 cm³/mol. The summed E-state index contributed by atoms with van der Waals surface area (Å²) in [7, 11) is -3.46. The molecule has 2 aromatic carbocycles. The molecule has 0 spiro atoms. The second-order valence-corrected chi connectivity index (χ2v) is 12.0. The van der Waals surface area contributed by atoms with Crippen LogP contribution in [0.3, 0.4) is 0 Å². The molecule has 3 aliphatic heterocycles. The Balaban J connectivity index is 1.21. The molecule has 35 heavy (non-hydrogen) atoms. The Morgan fingerprint density at radius 3 is 2.34 bits per heavy atom. The lowest BCUT2D eigenvalue weighted by atomic mass is 10.1. The number of hydrogen-bond acceptors (Lipinski definition) is 5. The molecule has 0 bridgehead atoms. The molecule has 0 atom stereocenters. The number of aryl methyl sites for hydroxylation is 1. The van der Waals surface area contributed by atoms with E-state index in [-0.39, 0.29) is 5.91 Å². The highest BCUT2D eigenvalue weighted by Gasteiger charge is 2.31. The quantitative estimate of drug-likeness (QED) is 0.636. The first-order valence-electron chi connectivity index (χ1n) is 12.8. The molecule has 2 aromatic rings. The highest BCUT2D eigenvalue weighted by molar-refractivity contribution is 7.89. The zero-order valence-electron chi connectivity index (χ0n) is 20.9. The van der Waals surface area contributed by atoms with Crippen molar-refractivity contribution in [3.05, 3.63) is 53.1 Å². The third kappa shape index (κ3) is 4.84. The fourth-order valence-corrected chi connectivity index (χ4v) is 7.12. The number of nitrogens with zero attached hydrogens (tertiary/aromatic N) is 4. The molecule has 3 aliphatic rings. The topological polar surface area (TPSA) is 64.2 Å². The van der Waals surface area contributed by atoms with Gasteiger partial charge in [-0.1, -0.05) is 18.6 Å². The van der Waals surface area contributed by atoms with E-state index in [2.05, 4.69) is 41.8 Å². The molecule has 7 nitrogen and oxygen atoms in total. The predicted octanol–water partition coefficient (Wildman–Crippen LogP) is 3.19. The number of carbonyl (C=O) groups excluding carboxylic acids is 1. The van der Waals surface area contributed by atoms with E-state index in [0.717, 1.165) is 56.7 Å². The number of anilines is 2. The standard InChI is InChI=1S/C27H36N4O3S/c1-21-7-6-8-25(22(21)2)29-17-15-28(16-18-29)20-27(32)31-14-11-23-19-24(9-10-26(23)31)35(33,34)30-12-4-3-5-13-30/h6-10,19H,3-5,11-18,20H2,1-2H3. The fourth-order valence-electron chi connectivity index (χ4n) is 5.55. The summed E-state index contributed by atoms with van der Waals surface area (Å²) in [6.45, 7) is 10.1. The van der Waals surface area contributed by atoms with Crippen LogP contribution in [-0.2, 0) is 21.2 Å². The van der Waals surface area contributed by atoms with Crippen LogP contribution in [0, 0.1) is 13.8 Å². The van der Waals surface area contributed by atoms with Crippen LogP contribution in [0.1, 0.15) is 36.0 Å². The van der Waals surface area contributed by atoms with Crippen LogP contribution in [0.25, 0.3) is 0 Å². The molecule has 0 saturated carbocycles. The van der Waals surface area contributed by atoms with Crippen LogP contribution in [0.15, 0.2) is 41.3 Å². The van der Waals surface area contributed by atoms with Crippen molar-refractivity contribution in [2.45, 2.75) is 44.4 Å². The molecule has 0 radical (unpaired) electrons. The minimum atomic E-state index is -3.46. The molecule has 8 heteroatoms. The van der Waals surface area contributed by atoms with E-state index in [0.29, 0.717) is 37.5 Å². The molecule has 0 aliphatic carbocycles. The largest absolute Gasteiger partial charge is 0.369 e. The van der Waals surface area contributed by atoms with Crippen molar-refractivity contribution < 1.29 is 13.2 Å². The van der Waals surface area contributed by atoms with Crippen molar-refractivity contribution in [2.75, 3.05) is 62.2 Å². The van der Waals surface area contributed by atoms with Crippen molar-refractivity contribution >= 4 is 27.3 Å². The lowest BCUT2D eigenvalue weighted by molar-refractivity contribution is -0.119. The summed E-state index contributed by atoms with van der Waals surface area (Å²) >= 11 is 0. The molecule has 5 rings (SSSR count). The van der Waals surface area contributed by atoms with Crippen LogP contribution in [-0.4, -0.2) is 75.9 Å². The SMILES string of the molecule is Cc1cccc(N2CCN(CC(=O)N3CCc4cc(S(=O)(=O)N5CCCCC5)ccc43)CC2)c1C. The van der Waals surface area contributed by atoms with Crippen molar-refractivity contribution in [3.8, 4) is 0 Å². The van der Waals surface area contributed by atoms with Crippen molar-refractivity contribution in [1.82, 2.24) is 9.21 Å². The Morgan fingerprint density at radius 2 is 1.60 bits per heavy atom. The Morgan fingerprint density at radius 1 is 0.857 bits per heavy atom. The van der Waals surface area contributed by atoms with Crippen molar-refractivity contribution in [3.63, 3.8) is 0 Å². The van der Waals surface area contributed by atoms with Gasteiger partial charge in [0, 0.05) is 57.2 Å². The van der Waals surface area contributed by atoms with Gasteiger partial charge in [-0.25, -0.2) is 8.42 Å². The smallest absolute Gasteiger partial charge is 0.243 e. The number of sulfonamides is 1. The van der Waals surface area contributed by atoms with Gasteiger partial charge in [0.1, 0.15) is 0 Å². The number of fused-ring (bicyclic) bond motifs is 1. The van der Waals surface area contributed by atoms with Gasteiger partial charge in [-0.05, 0) is 74.1 Å². The number of rotatable bonds is 5. The first-order chi connectivity index (χ1) is 16.8. The maximum Gasteiger partial charge on any atom is 0.243 e. The van der Waals surface area contributed by atoms with E-state index in [1.807, 2.05) is 11.0 Å². The lowest BCUT2D eigenvalue weighted by Gasteiger charge is -2.37. The van der Waals surface area contributed by atoms with Crippen LogP contribution in [0.2, 0.25) is 0 Å². The molecule has 0 aromatic heterocycles. The number of benzene rings is 2. The van der Waals surface area contributed by atoms with Gasteiger partial charge in [0.15, 0.2) is 0 Å². The average Bonchev–Trinajstić information content (AvgIpc) is 3.30. The molecule has 2 fully saturated rings. The monoisotopic (exact) mass is 496 g/mol. The highest BCUT2D eigenvalue weighted by atomic mass is 32.2. The van der Waals surface area contributed by atoms with Crippen LogP contribution in [0.4, 0.5) is 11.4 Å². The summed E-state index contributed by atoms with van der Waals surface area (Å²) in [5, 5.41) is 0. The van der Waals surface area contributed by atoms with Crippen LogP contribution >= 0.6 is 0 Å². The van der Waals surface area contributed by atoms with Gasteiger partial charge in [0.05, 0.1) is 11.4 Å². The number of piperazine rings is 1. The molecule has 188 valence electrons. The summed E-state index contributed by atoms with van der Waals surface area (Å²) in [6, 6.07) is 11.7. The first kappa shape index (κ1) is 24.3. The maximum atomic E-state index is 13.2. The van der Waals surface area contributed by atoms with Gasteiger partial charge in [-0.15, -0.1) is 0 Å². The van der Waals surface area contributed by atoms with Gasteiger partial charge >= 0.3 is 0 Å². The Labute approximate surface area is 209 Å². The van der Waals surface area contributed by atoms with E-state index < -0.39 is 10.0 Å². The van der Waals surface area contributed by atoms with Crippen LogP contribution < -0.4 is 9.80 Å². The Hall–Kier alpha value is -2.42. The van der Waals surface area contributed by atoms with E-state index in [1.165, 1.54) is 16.8 Å². The van der Waals surface area contributed by atoms with Crippen molar-refractivity contribution in [1.29, 1.82) is 0 Å². The molecule has 1 amide bonds. The van der Waals surface area contributed by atoms with E-state index >= 15 is 0 Å². The fraction of sp³-hybridized carbons (Fsp3) is 0.519. The minimum absolute atomic E-state index is 0.0931. The van der Waals surface area contributed by atoms with Gasteiger partial charge in [-0.3, -0.25) is 9.69 Å². The van der Waals surface area contributed by atoms with Gasteiger partial charge < -0.3 is 9.80 Å². The number of piperidine rings is 1. The number of carbonyl (C=O) groups is 1. The molecule has 3 heterocycles. The summed E-state index contributed by atoms with van der Waals surface area (Å²) in [6.07, 6.45) is 3.63. The zero-order chi connectivity index (χ0) is 24.6.